The van der Waals surface area contributed by atoms with Crippen molar-refractivity contribution in [3.63, 3.8) is 0 Å². The van der Waals surface area contributed by atoms with Crippen LogP contribution in [0, 0.1) is 18.7 Å². The number of carbonyl (C=O) groups excluding carboxylic acids is 2. The minimum atomic E-state index is -3.81. The molecule has 0 unspecified atom stereocenters. The molecule has 2 fully saturated rings. The molecule has 0 atom stereocenters. The fourth-order valence-electron chi connectivity index (χ4n) is 3.38. The Labute approximate surface area is 178 Å². The molecular weight excluding hydrogens is 429 g/mol. The molecule has 4 rings (SSSR count). The van der Waals surface area contributed by atoms with Gasteiger partial charge in [0.15, 0.2) is 0 Å². The van der Waals surface area contributed by atoms with Gasteiger partial charge in [-0.1, -0.05) is 6.07 Å². The third kappa shape index (κ3) is 4.26. The van der Waals surface area contributed by atoms with Crippen LogP contribution in [0.3, 0.4) is 0 Å². The van der Waals surface area contributed by atoms with Gasteiger partial charge in [0.25, 0.3) is 5.91 Å². The third-order valence-electron chi connectivity index (χ3n) is 5.27. The molecule has 10 heteroatoms. The van der Waals surface area contributed by atoms with Crippen molar-refractivity contribution >= 4 is 38.2 Å². The second kappa shape index (κ2) is 8.09. The summed E-state index contributed by atoms with van der Waals surface area (Å²) in [5.41, 5.74) is 0.783. The number of piperazine rings is 1. The van der Waals surface area contributed by atoms with Crippen molar-refractivity contribution in [1.82, 2.24) is 9.21 Å². The minimum absolute atomic E-state index is 0.00795. The second-order valence-corrected chi connectivity index (χ2v) is 10.5. The van der Waals surface area contributed by atoms with Gasteiger partial charge in [-0.3, -0.25) is 9.59 Å². The number of nitrogens with zero attached hydrogens (tertiary/aromatic N) is 2. The van der Waals surface area contributed by atoms with Gasteiger partial charge in [-0.25, -0.2) is 12.8 Å². The monoisotopic (exact) mass is 451 g/mol. The van der Waals surface area contributed by atoms with Crippen LogP contribution in [-0.2, 0) is 14.8 Å². The van der Waals surface area contributed by atoms with Crippen molar-refractivity contribution < 1.29 is 22.4 Å². The molecule has 30 heavy (non-hydrogen) atoms. The van der Waals surface area contributed by atoms with Gasteiger partial charge in [0.05, 0.1) is 14.8 Å². The number of amides is 2. The number of anilines is 1. The summed E-state index contributed by atoms with van der Waals surface area (Å²) in [6.07, 6.45) is 1.82. The Morgan fingerprint density at radius 1 is 1.13 bits per heavy atom. The van der Waals surface area contributed by atoms with E-state index in [0.717, 1.165) is 24.5 Å². The summed E-state index contributed by atoms with van der Waals surface area (Å²) < 4.78 is 40.1. The maximum absolute atomic E-state index is 13.4. The number of carbonyl (C=O) groups is 2. The standard InChI is InChI=1S/C20H22FN3O4S2/c1-13-11-17(22-19(25)14-5-6-14)29-18(13)20(26)23-7-9-24(10-8-23)30(27,28)16-4-2-3-15(21)12-16/h2-4,11-12,14H,5-10H2,1H3,(H,22,25). The summed E-state index contributed by atoms with van der Waals surface area (Å²) >= 11 is 1.24. The molecule has 2 heterocycles. The highest BCUT2D eigenvalue weighted by Gasteiger charge is 2.32. The average Bonchev–Trinajstić information content (AvgIpc) is 3.51. The highest BCUT2D eigenvalue weighted by molar-refractivity contribution is 7.89. The first-order valence-electron chi connectivity index (χ1n) is 9.72. The molecule has 0 radical (unpaired) electrons. The van der Waals surface area contributed by atoms with Gasteiger partial charge >= 0.3 is 0 Å². The molecule has 0 spiro atoms. The van der Waals surface area contributed by atoms with Crippen LogP contribution >= 0.6 is 11.3 Å². The van der Waals surface area contributed by atoms with Crippen LogP contribution in [0.25, 0.3) is 0 Å². The van der Waals surface area contributed by atoms with Crippen molar-refractivity contribution in [3.05, 3.63) is 46.6 Å². The SMILES string of the molecule is Cc1cc(NC(=O)C2CC2)sc1C(=O)N1CCN(S(=O)(=O)c2cccc(F)c2)CC1. The maximum atomic E-state index is 13.4. The topological polar surface area (TPSA) is 86.8 Å². The Morgan fingerprint density at radius 3 is 2.47 bits per heavy atom. The fourth-order valence-corrected chi connectivity index (χ4v) is 5.87. The molecule has 1 aliphatic carbocycles. The van der Waals surface area contributed by atoms with Gasteiger partial charge in [-0.05, 0) is 49.6 Å². The molecule has 1 N–H and O–H groups in total. The van der Waals surface area contributed by atoms with Crippen LogP contribution in [0.4, 0.5) is 9.39 Å². The highest BCUT2D eigenvalue weighted by Crippen LogP contribution is 2.33. The molecule has 7 nitrogen and oxygen atoms in total. The van der Waals surface area contributed by atoms with E-state index >= 15 is 0 Å². The summed E-state index contributed by atoms with van der Waals surface area (Å²) in [4.78, 5) is 27.0. The Balaban J connectivity index is 1.41. The van der Waals surface area contributed by atoms with E-state index in [-0.39, 0.29) is 48.8 Å². The number of hydrogen-bond donors (Lipinski definition) is 1. The summed E-state index contributed by atoms with van der Waals surface area (Å²) in [5.74, 6) is -0.707. The van der Waals surface area contributed by atoms with E-state index < -0.39 is 15.8 Å². The van der Waals surface area contributed by atoms with Crippen LogP contribution in [0.15, 0.2) is 35.2 Å². The zero-order chi connectivity index (χ0) is 21.5. The Bertz CT molecular complexity index is 1090. The van der Waals surface area contributed by atoms with E-state index in [1.807, 2.05) is 6.92 Å². The van der Waals surface area contributed by atoms with Crippen molar-refractivity contribution in [2.45, 2.75) is 24.7 Å². The van der Waals surface area contributed by atoms with Crippen LogP contribution in [0.5, 0.6) is 0 Å². The summed E-state index contributed by atoms with van der Waals surface area (Å²) in [6, 6.07) is 6.71. The number of hydrogen-bond acceptors (Lipinski definition) is 5. The molecule has 2 aliphatic rings. The lowest BCUT2D eigenvalue weighted by Crippen LogP contribution is -2.50. The lowest BCUT2D eigenvalue weighted by molar-refractivity contribution is -0.117. The van der Waals surface area contributed by atoms with Gasteiger partial charge in [-0.15, -0.1) is 11.3 Å². The average molecular weight is 452 g/mol. The van der Waals surface area contributed by atoms with E-state index in [9.17, 15) is 22.4 Å². The molecule has 2 amide bonds. The molecule has 0 bridgehead atoms. The van der Waals surface area contributed by atoms with Crippen LogP contribution in [0.2, 0.25) is 0 Å². The molecule has 1 aliphatic heterocycles. The van der Waals surface area contributed by atoms with Crippen molar-refractivity contribution in [1.29, 1.82) is 0 Å². The quantitative estimate of drug-likeness (QED) is 0.757. The van der Waals surface area contributed by atoms with Crippen LogP contribution in [-0.4, -0.2) is 55.6 Å². The minimum Gasteiger partial charge on any atom is -0.335 e. The van der Waals surface area contributed by atoms with E-state index in [1.54, 1.807) is 11.0 Å². The number of rotatable bonds is 5. The predicted octanol–water partition coefficient (Wildman–Crippen LogP) is 2.69. The Kier molecular flexibility index (Phi) is 5.65. The zero-order valence-corrected chi connectivity index (χ0v) is 18.1. The summed E-state index contributed by atoms with van der Waals surface area (Å²) in [5, 5.41) is 3.52. The lowest BCUT2D eigenvalue weighted by atomic mass is 10.2. The normalized spacial score (nSPS) is 17.7. The molecular formula is C20H22FN3O4S2. The summed E-state index contributed by atoms with van der Waals surface area (Å²) in [6.45, 7) is 2.59. The van der Waals surface area contributed by atoms with Crippen molar-refractivity contribution in [3.8, 4) is 0 Å². The van der Waals surface area contributed by atoms with E-state index in [0.29, 0.717) is 9.88 Å². The number of benzene rings is 1. The first-order chi connectivity index (χ1) is 14.3. The first-order valence-corrected chi connectivity index (χ1v) is 12.0. The zero-order valence-electron chi connectivity index (χ0n) is 16.4. The van der Waals surface area contributed by atoms with E-state index in [1.165, 1.54) is 33.8 Å². The van der Waals surface area contributed by atoms with Gasteiger partial charge in [0, 0.05) is 32.1 Å². The van der Waals surface area contributed by atoms with Gasteiger partial charge < -0.3 is 10.2 Å². The molecule has 160 valence electrons. The molecule has 2 aromatic rings. The van der Waals surface area contributed by atoms with E-state index in [2.05, 4.69) is 5.32 Å². The maximum Gasteiger partial charge on any atom is 0.264 e. The fraction of sp³-hybridized carbons (Fsp3) is 0.400. The number of halogens is 1. The van der Waals surface area contributed by atoms with Crippen LogP contribution < -0.4 is 5.32 Å². The Hall–Kier alpha value is -2.30. The first kappa shape index (κ1) is 21.0. The molecule has 1 saturated heterocycles. The number of aryl methyl sites for hydroxylation is 1. The smallest absolute Gasteiger partial charge is 0.264 e. The number of sulfonamides is 1. The van der Waals surface area contributed by atoms with E-state index in [4.69, 9.17) is 0 Å². The number of thiophene rings is 1. The second-order valence-electron chi connectivity index (χ2n) is 7.54. The molecule has 1 aromatic heterocycles. The predicted molar refractivity (Wildman–Crippen MR) is 111 cm³/mol. The largest absolute Gasteiger partial charge is 0.335 e. The van der Waals surface area contributed by atoms with Crippen molar-refractivity contribution in [2.75, 3.05) is 31.5 Å². The van der Waals surface area contributed by atoms with Gasteiger partial charge in [0.2, 0.25) is 15.9 Å². The third-order valence-corrected chi connectivity index (χ3v) is 8.30. The lowest BCUT2D eigenvalue weighted by Gasteiger charge is -2.34. The van der Waals surface area contributed by atoms with Crippen LogP contribution in [0.1, 0.15) is 28.1 Å². The molecule has 1 saturated carbocycles. The number of nitrogens with one attached hydrogen (secondary N) is 1. The van der Waals surface area contributed by atoms with Gasteiger partial charge in [0.1, 0.15) is 5.82 Å². The molecule has 1 aromatic carbocycles. The van der Waals surface area contributed by atoms with Crippen molar-refractivity contribution in [2.24, 2.45) is 5.92 Å². The highest BCUT2D eigenvalue weighted by atomic mass is 32.2. The Morgan fingerprint density at radius 2 is 1.83 bits per heavy atom. The summed E-state index contributed by atoms with van der Waals surface area (Å²) in [7, 11) is -3.81. The van der Waals surface area contributed by atoms with Gasteiger partial charge in [-0.2, -0.15) is 4.31 Å².